The molecule has 0 radical (unpaired) electrons. The van der Waals surface area contributed by atoms with E-state index in [-0.39, 0.29) is 24.0 Å². The van der Waals surface area contributed by atoms with Gasteiger partial charge in [0.15, 0.2) is 0 Å². The fourth-order valence-corrected chi connectivity index (χ4v) is 2.94. The highest BCUT2D eigenvalue weighted by atomic mass is 19.1. The molecule has 1 aliphatic rings. The predicted molar refractivity (Wildman–Crippen MR) is 123 cm³/mol. The molecule has 1 saturated carbocycles. The van der Waals surface area contributed by atoms with Gasteiger partial charge in [-0.05, 0) is 75.1 Å². The van der Waals surface area contributed by atoms with E-state index in [0.29, 0.717) is 16.6 Å². The van der Waals surface area contributed by atoms with Gasteiger partial charge >= 0.3 is 6.09 Å². The Hall–Kier alpha value is -3.00. The third-order valence-electron chi connectivity index (χ3n) is 4.96. The van der Waals surface area contributed by atoms with Crippen LogP contribution in [0.1, 0.15) is 47.0 Å². The van der Waals surface area contributed by atoms with Crippen molar-refractivity contribution in [1.29, 1.82) is 0 Å². The molecule has 180 valence electrons. The third-order valence-corrected chi connectivity index (χ3v) is 4.96. The van der Waals surface area contributed by atoms with Crippen LogP contribution in [-0.2, 0) is 4.74 Å². The number of carbonyl (C=O) groups excluding carboxylic acids is 1. The molecule has 0 unspecified atom stereocenters. The van der Waals surface area contributed by atoms with Crippen molar-refractivity contribution in [2.75, 3.05) is 6.61 Å². The number of fused-ring (bicyclic) bond motifs is 1. The Morgan fingerprint density at radius 3 is 2.27 bits per heavy atom. The van der Waals surface area contributed by atoms with Crippen molar-refractivity contribution in [3.05, 3.63) is 59.9 Å². The van der Waals surface area contributed by atoms with Crippen LogP contribution >= 0.6 is 0 Å². The summed E-state index contributed by atoms with van der Waals surface area (Å²) in [5.41, 5.74) is 0.985. The van der Waals surface area contributed by atoms with Crippen molar-refractivity contribution in [3.63, 3.8) is 0 Å². The number of amides is 1. The molecule has 0 atom stereocenters. The first kappa shape index (κ1) is 26.3. The Bertz CT molecular complexity index is 1040. The van der Waals surface area contributed by atoms with Gasteiger partial charge in [-0.15, -0.1) is 0 Å². The van der Waals surface area contributed by atoms with Crippen molar-refractivity contribution >= 4 is 17.0 Å². The largest absolute Gasteiger partial charge is 0.446 e. The molecule has 1 aromatic heterocycles. The highest BCUT2D eigenvalue weighted by Crippen LogP contribution is 2.26. The van der Waals surface area contributed by atoms with E-state index in [1.165, 1.54) is 18.2 Å². The molecule has 0 bridgehead atoms. The molecule has 8 heteroatoms. The summed E-state index contributed by atoms with van der Waals surface area (Å²) in [5.74, 6) is -1.60. The second-order valence-electron chi connectivity index (χ2n) is 8.17. The molecule has 1 amide bonds. The van der Waals surface area contributed by atoms with Crippen molar-refractivity contribution in [3.8, 4) is 11.3 Å². The fraction of sp³-hybridized carbons (Fsp3) is 0.400. The maximum atomic E-state index is 13.5. The number of ether oxygens (including phenoxy) is 1. The van der Waals surface area contributed by atoms with E-state index in [2.05, 4.69) is 10.3 Å². The Labute approximate surface area is 192 Å². The molecule has 3 N–H and O–H groups in total. The van der Waals surface area contributed by atoms with E-state index < -0.39 is 23.3 Å². The molecule has 0 aliphatic heterocycles. The minimum absolute atomic E-state index is 0.0905. The van der Waals surface area contributed by atoms with Crippen molar-refractivity contribution in [2.24, 2.45) is 0 Å². The summed E-state index contributed by atoms with van der Waals surface area (Å²) in [6, 6.07) is 9.50. The number of alkyl carbamates (subject to hydrolysis) is 1. The smallest absolute Gasteiger partial charge is 0.407 e. The number of carbonyl (C=O) groups is 1. The zero-order chi connectivity index (χ0) is 24.6. The average Bonchev–Trinajstić information content (AvgIpc) is 3.17. The van der Waals surface area contributed by atoms with E-state index >= 15 is 0 Å². The molecule has 5 nitrogen and oxygen atoms in total. The summed E-state index contributed by atoms with van der Waals surface area (Å²) >= 11 is 0. The normalized spacial score (nSPS) is 13.2. The van der Waals surface area contributed by atoms with Crippen LogP contribution in [0.25, 0.3) is 22.2 Å². The Morgan fingerprint density at radius 1 is 1.09 bits per heavy atom. The first-order valence-electron chi connectivity index (χ1n) is 11.0. The quantitative estimate of drug-likeness (QED) is 0.423. The Balaban J connectivity index is 0.000000228. The number of halogens is 3. The van der Waals surface area contributed by atoms with E-state index in [1.807, 2.05) is 13.8 Å². The van der Waals surface area contributed by atoms with Gasteiger partial charge in [-0.25, -0.2) is 18.0 Å². The fourth-order valence-electron chi connectivity index (χ4n) is 2.94. The zero-order valence-electron chi connectivity index (χ0n) is 19.3. The van der Waals surface area contributed by atoms with E-state index in [9.17, 15) is 18.0 Å². The first-order chi connectivity index (χ1) is 15.7. The summed E-state index contributed by atoms with van der Waals surface area (Å²) in [5, 5.41) is 11.9. The van der Waals surface area contributed by atoms with Crippen molar-refractivity contribution in [2.45, 2.75) is 58.6 Å². The van der Waals surface area contributed by atoms with Crippen LogP contribution in [0.2, 0.25) is 0 Å². The van der Waals surface area contributed by atoms with E-state index in [1.54, 1.807) is 32.0 Å². The number of nitrogens with one attached hydrogen (secondary N) is 2. The van der Waals surface area contributed by atoms with Gasteiger partial charge in [0.2, 0.25) is 0 Å². The molecule has 33 heavy (non-hydrogen) atoms. The number of benzene rings is 2. The lowest BCUT2D eigenvalue weighted by molar-refractivity contribution is 0.0437. The summed E-state index contributed by atoms with van der Waals surface area (Å²) in [6.45, 7) is 7.40. The molecule has 1 fully saturated rings. The molecule has 1 aliphatic carbocycles. The number of rotatable bonds is 4. The second kappa shape index (κ2) is 11.7. The number of hydrogen-bond donors (Lipinski definition) is 3. The highest BCUT2D eigenvalue weighted by Gasteiger charge is 2.25. The van der Waals surface area contributed by atoms with Gasteiger partial charge in [-0.3, -0.25) is 0 Å². The van der Waals surface area contributed by atoms with Gasteiger partial charge in [-0.1, -0.05) is 13.8 Å². The van der Waals surface area contributed by atoms with Gasteiger partial charge in [-0.2, -0.15) is 0 Å². The van der Waals surface area contributed by atoms with E-state index in [0.717, 1.165) is 25.3 Å². The molecule has 3 aromatic rings. The summed E-state index contributed by atoms with van der Waals surface area (Å²) in [4.78, 5) is 14.0. The summed E-state index contributed by atoms with van der Waals surface area (Å²) < 4.78 is 44.4. The lowest BCUT2D eigenvalue weighted by Gasteiger charge is -2.28. The predicted octanol–water partition coefficient (Wildman–Crippen LogP) is 6.31. The number of aliphatic hydroxyl groups is 1. The molecule has 1 heterocycles. The first-order valence-corrected chi connectivity index (χ1v) is 11.0. The lowest BCUT2D eigenvalue weighted by Crippen LogP contribution is -2.47. The van der Waals surface area contributed by atoms with Gasteiger partial charge in [0, 0.05) is 17.1 Å². The van der Waals surface area contributed by atoms with Crippen LogP contribution < -0.4 is 5.32 Å². The minimum atomic E-state index is -0.640. The van der Waals surface area contributed by atoms with Gasteiger partial charge in [0.1, 0.15) is 23.6 Å². The van der Waals surface area contributed by atoms with Crippen LogP contribution in [0, 0.1) is 17.5 Å². The summed E-state index contributed by atoms with van der Waals surface area (Å²) in [7, 11) is 0. The maximum absolute atomic E-state index is 13.5. The van der Waals surface area contributed by atoms with Crippen molar-refractivity contribution in [1.82, 2.24) is 10.3 Å². The number of aliphatic hydroxyl groups excluding tert-OH is 1. The molecular weight excluding hydrogens is 433 g/mol. The number of H-pyrrole nitrogens is 1. The third kappa shape index (κ3) is 7.53. The van der Waals surface area contributed by atoms with Crippen LogP contribution in [0.3, 0.4) is 0 Å². The minimum Gasteiger partial charge on any atom is -0.446 e. The molecule has 2 aromatic carbocycles. The van der Waals surface area contributed by atoms with Crippen LogP contribution in [-0.4, -0.2) is 34.4 Å². The Morgan fingerprint density at radius 2 is 1.73 bits per heavy atom. The number of aromatic amines is 1. The SMILES string of the molecule is CC.CC(C)(CO)NC(=O)OC1CCC1.Fc1ccc(-c2cc3cc(F)cc(F)c3[nH]2)cc1. The molecule has 0 spiro atoms. The van der Waals surface area contributed by atoms with Gasteiger partial charge in [0.25, 0.3) is 0 Å². The topological polar surface area (TPSA) is 74.3 Å². The molecule has 4 rings (SSSR count). The Kier molecular flexibility index (Phi) is 9.34. The van der Waals surface area contributed by atoms with Crippen LogP contribution in [0.5, 0.6) is 0 Å². The average molecular weight is 465 g/mol. The zero-order valence-corrected chi connectivity index (χ0v) is 19.3. The number of hydrogen-bond acceptors (Lipinski definition) is 3. The van der Waals surface area contributed by atoms with Gasteiger partial charge in [0.05, 0.1) is 17.7 Å². The second-order valence-corrected chi connectivity index (χ2v) is 8.17. The molecule has 0 saturated heterocycles. The van der Waals surface area contributed by atoms with Crippen LogP contribution in [0.4, 0.5) is 18.0 Å². The van der Waals surface area contributed by atoms with Crippen molar-refractivity contribution < 1.29 is 27.8 Å². The van der Waals surface area contributed by atoms with Crippen LogP contribution in [0.15, 0.2) is 42.5 Å². The van der Waals surface area contributed by atoms with E-state index in [4.69, 9.17) is 9.84 Å². The number of aromatic nitrogens is 1. The summed E-state index contributed by atoms with van der Waals surface area (Å²) in [6.07, 6.45) is 2.74. The maximum Gasteiger partial charge on any atom is 0.407 e. The monoisotopic (exact) mass is 464 g/mol. The van der Waals surface area contributed by atoms with Gasteiger partial charge < -0.3 is 20.1 Å². The molecular formula is C25H31F3N2O3. The highest BCUT2D eigenvalue weighted by molar-refractivity contribution is 5.86. The standard InChI is InChI=1S/C14H8F3N.C9H17NO3.C2H6/c15-10-3-1-8(2-4-10)13-6-9-5-11(16)7-12(17)14(9)18-13;1-9(2,6-11)10-8(12)13-7-4-3-5-7;1-2/h1-7,18H;7,11H,3-6H2,1-2H3,(H,10,12);1-2H3. The lowest BCUT2D eigenvalue weighted by atomic mass is 9.96.